The predicted molar refractivity (Wildman–Crippen MR) is 75.2 cm³/mol. The van der Waals surface area contributed by atoms with Crippen molar-refractivity contribution in [2.45, 2.75) is 19.8 Å². The highest BCUT2D eigenvalue weighted by Gasteiger charge is 2.25. The Morgan fingerprint density at radius 2 is 2.20 bits per heavy atom. The summed E-state index contributed by atoms with van der Waals surface area (Å²) in [5, 5.41) is 11.1. The van der Waals surface area contributed by atoms with E-state index in [-0.39, 0.29) is 22.5 Å². The Morgan fingerprint density at radius 1 is 1.50 bits per heavy atom. The second-order valence-corrected chi connectivity index (χ2v) is 5.29. The molecular weight excluding hydrogens is 284 g/mol. The van der Waals surface area contributed by atoms with Gasteiger partial charge in [-0.3, -0.25) is 10.1 Å². The summed E-state index contributed by atoms with van der Waals surface area (Å²) in [7, 11) is 1.73. The fraction of sp³-hybridized carbons (Fsp3) is 0.667. The molecule has 1 fully saturated rings. The first-order valence-electron chi connectivity index (χ1n) is 6.46. The minimum Gasteiger partial charge on any atom is -0.379 e. The summed E-state index contributed by atoms with van der Waals surface area (Å²) in [5.74, 6) is 0.924. The maximum Gasteiger partial charge on any atom is 0.332 e. The minimum atomic E-state index is -0.484. The van der Waals surface area contributed by atoms with Crippen molar-refractivity contribution in [3.05, 3.63) is 21.1 Å². The van der Waals surface area contributed by atoms with Crippen molar-refractivity contribution in [1.82, 2.24) is 9.97 Å². The SMILES string of the molecule is Cc1nc(Cl)nc(N(C)CCOCC2CC2)c1[N+](=O)[O-]. The number of anilines is 1. The van der Waals surface area contributed by atoms with Crippen molar-refractivity contribution in [1.29, 1.82) is 0 Å². The first-order chi connectivity index (χ1) is 9.49. The van der Waals surface area contributed by atoms with Gasteiger partial charge >= 0.3 is 5.69 Å². The van der Waals surface area contributed by atoms with Crippen molar-refractivity contribution in [2.24, 2.45) is 5.92 Å². The number of ether oxygens (including phenoxy) is 1. The summed E-state index contributed by atoms with van der Waals surface area (Å²) in [4.78, 5) is 20.1. The van der Waals surface area contributed by atoms with E-state index in [1.807, 2.05) is 0 Å². The molecule has 1 aliphatic carbocycles. The van der Waals surface area contributed by atoms with E-state index < -0.39 is 4.92 Å². The molecule has 7 nitrogen and oxygen atoms in total. The van der Waals surface area contributed by atoms with Crippen LogP contribution in [0, 0.1) is 23.0 Å². The number of hydrogen-bond donors (Lipinski definition) is 0. The second-order valence-electron chi connectivity index (χ2n) is 4.95. The highest BCUT2D eigenvalue weighted by atomic mass is 35.5. The quantitative estimate of drug-likeness (QED) is 0.332. The molecule has 20 heavy (non-hydrogen) atoms. The van der Waals surface area contributed by atoms with Crippen LogP contribution in [0.15, 0.2) is 0 Å². The van der Waals surface area contributed by atoms with Gasteiger partial charge in [0.1, 0.15) is 5.69 Å². The third kappa shape index (κ3) is 3.77. The van der Waals surface area contributed by atoms with Crippen molar-refractivity contribution in [3.63, 3.8) is 0 Å². The van der Waals surface area contributed by atoms with Crippen LogP contribution in [0.2, 0.25) is 5.28 Å². The van der Waals surface area contributed by atoms with Crippen LogP contribution in [0.4, 0.5) is 11.5 Å². The third-order valence-electron chi connectivity index (χ3n) is 3.18. The number of aromatic nitrogens is 2. The average Bonchev–Trinajstić information content (AvgIpc) is 3.16. The highest BCUT2D eigenvalue weighted by Crippen LogP contribution is 2.30. The van der Waals surface area contributed by atoms with Gasteiger partial charge in [-0.25, -0.2) is 4.98 Å². The molecule has 1 saturated carbocycles. The van der Waals surface area contributed by atoms with Crippen LogP contribution in [0.25, 0.3) is 0 Å². The lowest BCUT2D eigenvalue weighted by Crippen LogP contribution is -2.25. The van der Waals surface area contributed by atoms with E-state index in [4.69, 9.17) is 16.3 Å². The van der Waals surface area contributed by atoms with E-state index >= 15 is 0 Å². The molecule has 0 radical (unpaired) electrons. The van der Waals surface area contributed by atoms with Gasteiger partial charge in [0.05, 0.1) is 11.5 Å². The number of rotatable bonds is 7. The Hall–Kier alpha value is -1.47. The Balaban J connectivity index is 2.02. The molecule has 0 saturated heterocycles. The molecular formula is C12H17ClN4O3. The van der Waals surface area contributed by atoms with E-state index in [1.54, 1.807) is 18.9 Å². The summed E-state index contributed by atoms with van der Waals surface area (Å²) in [6, 6.07) is 0. The summed E-state index contributed by atoms with van der Waals surface area (Å²) in [6.45, 7) is 3.33. The van der Waals surface area contributed by atoms with Crippen LogP contribution < -0.4 is 4.90 Å². The van der Waals surface area contributed by atoms with Gasteiger partial charge in [0.2, 0.25) is 11.1 Å². The van der Waals surface area contributed by atoms with Crippen molar-refractivity contribution in [3.8, 4) is 0 Å². The topological polar surface area (TPSA) is 81.4 Å². The Morgan fingerprint density at radius 3 is 2.80 bits per heavy atom. The number of halogens is 1. The summed E-state index contributed by atoms with van der Waals surface area (Å²) in [6.07, 6.45) is 2.48. The normalized spacial score (nSPS) is 14.3. The van der Waals surface area contributed by atoms with Gasteiger partial charge < -0.3 is 9.64 Å². The molecule has 1 heterocycles. The average molecular weight is 301 g/mol. The number of nitrogens with zero attached hydrogens (tertiary/aromatic N) is 4. The fourth-order valence-electron chi connectivity index (χ4n) is 1.84. The van der Waals surface area contributed by atoms with Gasteiger partial charge in [-0.1, -0.05) is 0 Å². The summed E-state index contributed by atoms with van der Waals surface area (Å²) < 4.78 is 5.52. The second kappa shape index (κ2) is 6.32. The number of aryl methyl sites for hydroxylation is 1. The standard InChI is InChI=1S/C12H17ClN4O3/c1-8-10(17(18)19)11(15-12(13)14-8)16(2)5-6-20-7-9-3-4-9/h9H,3-7H2,1-2H3. The summed E-state index contributed by atoms with van der Waals surface area (Å²) in [5.41, 5.74) is 0.148. The zero-order valence-corrected chi connectivity index (χ0v) is 12.3. The smallest absolute Gasteiger partial charge is 0.332 e. The zero-order chi connectivity index (χ0) is 14.7. The zero-order valence-electron chi connectivity index (χ0n) is 11.5. The van der Waals surface area contributed by atoms with Gasteiger partial charge in [-0.2, -0.15) is 4.98 Å². The van der Waals surface area contributed by atoms with Crippen molar-refractivity contribution in [2.75, 3.05) is 31.7 Å². The van der Waals surface area contributed by atoms with E-state index in [2.05, 4.69) is 9.97 Å². The Bertz CT molecular complexity index is 508. The Labute approximate surface area is 122 Å². The van der Waals surface area contributed by atoms with Gasteiger partial charge in [0, 0.05) is 20.2 Å². The van der Waals surface area contributed by atoms with Crippen molar-refractivity contribution >= 4 is 23.1 Å². The van der Waals surface area contributed by atoms with Crippen LogP contribution in [0.1, 0.15) is 18.5 Å². The molecule has 0 unspecified atom stereocenters. The van der Waals surface area contributed by atoms with Crippen molar-refractivity contribution < 1.29 is 9.66 Å². The van der Waals surface area contributed by atoms with Crippen LogP contribution in [-0.2, 0) is 4.74 Å². The van der Waals surface area contributed by atoms with E-state index in [1.165, 1.54) is 12.8 Å². The predicted octanol–water partition coefficient (Wildman–Crippen LogP) is 2.21. The van der Waals surface area contributed by atoms with Crippen LogP contribution in [-0.4, -0.2) is 41.7 Å². The maximum absolute atomic E-state index is 11.1. The lowest BCUT2D eigenvalue weighted by atomic mass is 10.3. The molecule has 0 bridgehead atoms. The third-order valence-corrected chi connectivity index (χ3v) is 3.35. The minimum absolute atomic E-state index is 0.00819. The monoisotopic (exact) mass is 300 g/mol. The molecule has 0 aliphatic heterocycles. The highest BCUT2D eigenvalue weighted by molar-refractivity contribution is 6.28. The molecule has 0 atom stereocenters. The molecule has 1 aromatic rings. The Kier molecular flexibility index (Phi) is 4.72. The lowest BCUT2D eigenvalue weighted by molar-refractivity contribution is -0.385. The molecule has 0 aromatic carbocycles. The number of likely N-dealkylation sites (N-methyl/N-ethyl adjacent to an activating group) is 1. The molecule has 0 N–H and O–H groups in total. The first-order valence-corrected chi connectivity index (χ1v) is 6.84. The largest absolute Gasteiger partial charge is 0.379 e. The molecule has 110 valence electrons. The maximum atomic E-state index is 11.1. The lowest BCUT2D eigenvalue weighted by Gasteiger charge is -2.18. The first kappa shape index (κ1) is 14.9. The molecule has 1 aliphatic rings. The van der Waals surface area contributed by atoms with E-state index in [9.17, 15) is 10.1 Å². The summed E-state index contributed by atoms with van der Waals surface area (Å²) >= 11 is 5.78. The number of nitro groups is 1. The van der Waals surface area contributed by atoms with E-state index in [0.29, 0.717) is 19.1 Å². The van der Waals surface area contributed by atoms with Gasteiger partial charge in [-0.15, -0.1) is 0 Å². The van der Waals surface area contributed by atoms with Crippen LogP contribution >= 0.6 is 11.6 Å². The van der Waals surface area contributed by atoms with E-state index in [0.717, 1.165) is 6.61 Å². The molecule has 1 aromatic heterocycles. The van der Waals surface area contributed by atoms with Gasteiger partial charge in [0.25, 0.3) is 0 Å². The molecule has 0 spiro atoms. The molecule has 2 rings (SSSR count). The molecule has 8 heteroatoms. The van der Waals surface area contributed by atoms with Gasteiger partial charge in [0.15, 0.2) is 0 Å². The molecule has 0 amide bonds. The van der Waals surface area contributed by atoms with Gasteiger partial charge in [-0.05, 0) is 37.3 Å². The number of hydrogen-bond acceptors (Lipinski definition) is 6. The van der Waals surface area contributed by atoms with Crippen LogP contribution in [0.3, 0.4) is 0 Å². The fourth-order valence-corrected chi connectivity index (χ4v) is 2.05. The van der Waals surface area contributed by atoms with Crippen LogP contribution in [0.5, 0.6) is 0 Å².